The van der Waals surface area contributed by atoms with Gasteiger partial charge in [-0.1, -0.05) is 31.4 Å². The van der Waals surface area contributed by atoms with Gasteiger partial charge in [0, 0.05) is 50.2 Å². The zero-order chi connectivity index (χ0) is 28.7. The van der Waals surface area contributed by atoms with Gasteiger partial charge in [0.05, 0.1) is 5.54 Å². The van der Waals surface area contributed by atoms with Crippen molar-refractivity contribution >= 4 is 6.09 Å². The van der Waals surface area contributed by atoms with E-state index in [2.05, 4.69) is 39.5 Å². The van der Waals surface area contributed by atoms with Crippen LogP contribution in [-0.4, -0.2) is 82.5 Å². The van der Waals surface area contributed by atoms with Crippen LogP contribution >= 0.6 is 0 Å². The number of likely N-dealkylation sites (tertiary alicyclic amines) is 1. The molecule has 1 aliphatic carbocycles. The number of nitrogens with zero attached hydrogens (tertiary/aromatic N) is 4. The number of amides is 1. The summed E-state index contributed by atoms with van der Waals surface area (Å²) in [7, 11) is 0. The minimum Gasteiger partial charge on any atom is -0.771 e. The Hall–Kier alpha value is -1.74. The van der Waals surface area contributed by atoms with E-state index in [9.17, 15) is 14.4 Å². The lowest BCUT2D eigenvalue weighted by molar-refractivity contribution is -0.102. The lowest BCUT2D eigenvalue weighted by atomic mass is 9.63. The molecule has 3 aliphatic heterocycles. The fourth-order valence-electron chi connectivity index (χ4n) is 7.84. The lowest BCUT2D eigenvalue weighted by Crippen LogP contribution is -2.60. The maximum absolute atomic E-state index is 14.1. The molecular formula is C32H50FN4O3-. The first-order valence-corrected chi connectivity index (χ1v) is 15.6. The number of piperidine rings is 2. The summed E-state index contributed by atoms with van der Waals surface area (Å²) in [6, 6.07) is 6.56. The van der Waals surface area contributed by atoms with Crippen molar-refractivity contribution in [3.63, 3.8) is 0 Å². The number of carbonyl (C=O) groups excluding carboxylic acids is 1. The fourth-order valence-corrected chi connectivity index (χ4v) is 7.84. The molecule has 0 radical (unpaired) electrons. The quantitative estimate of drug-likeness (QED) is 0.378. The Morgan fingerprint density at radius 3 is 2.25 bits per heavy atom. The molecule has 1 saturated carbocycles. The molecule has 4 aliphatic rings. The minimum atomic E-state index is -0.302. The normalized spacial score (nSPS) is 28.7. The van der Waals surface area contributed by atoms with Crippen molar-refractivity contribution in [2.75, 3.05) is 39.3 Å². The Morgan fingerprint density at radius 2 is 1.68 bits per heavy atom. The molecule has 0 bridgehead atoms. The molecule has 2 unspecified atom stereocenters. The van der Waals surface area contributed by atoms with Gasteiger partial charge in [0.25, 0.3) is 0 Å². The van der Waals surface area contributed by atoms with Gasteiger partial charge in [-0.15, -0.1) is 0 Å². The van der Waals surface area contributed by atoms with Crippen LogP contribution in [0, 0.1) is 22.4 Å². The zero-order valence-electron chi connectivity index (χ0n) is 25.3. The minimum absolute atomic E-state index is 0.00614. The molecule has 5 rings (SSSR count). The number of hydrogen-bond donors (Lipinski definition) is 0. The van der Waals surface area contributed by atoms with E-state index in [1.165, 1.54) is 49.4 Å². The van der Waals surface area contributed by atoms with Crippen molar-refractivity contribution in [1.29, 1.82) is 0 Å². The number of cyclic esters (lactones) is 1. The Balaban J connectivity index is 1.33. The van der Waals surface area contributed by atoms with Gasteiger partial charge in [-0.2, -0.15) is 0 Å². The average molecular weight is 558 g/mol. The van der Waals surface area contributed by atoms with E-state index in [1.807, 2.05) is 22.0 Å². The molecule has 8 heteroatoms. The van der Waals surface area contributed by atoms with E-state index in [4.69, 9.17) is 4.74 Å². The molecule has 224 valence electrons. The second-order valence-electron chi connectivity index (χ2n) is 14.5. The van der Waals surface area contributed by atoms with Gasteiger partial charge in [-0.25, -0.2) is 9.18 Å². The van der Waals surface area contributed by atoms with Gasteiger partial charge >= 0.3 is 6.09 Å². The number of benzene rings is 1. The Labute approximate surface area is 240 Å². The largest absolute Gasteiger partial charge is 0.771 e. The maximum atomic E-state index is 14.1. The van der Waals surface area contributed by atoms with Crippen LogP contribution in [0.4, 0.5) is 9.18 Å². The van der Waals surface area contributed by atoms with Gasteiger partial charge in [0.15, 0.2) is 0 Å². The van der Waals surface area contributed by atoms with Crippen molar-refractivity contribution in [2.45, 2.75) is 109 Å². The summed E-state index contributed by atoms with van der Waals surface area (Å²) in [5.74, 6) is 0.342. The molecular weight excluding hydrogens is 507 g/mol. The van der Waals surface area contributed by atoms with Crippen molar-refractivity contribution in [2.24, 2.45) is 11.3 Å². The summed E-state index contributed by atoms with van der Waals surface area (Å²) in [6.45, 7) is 15.1. The van der Waals surface area contributed by atoms with Crippen LogP contribution in [0.15, 0.2) is 24.3 Å². The van der Waals surface area contributed by atoms with Crippen molar-refractivity contribution in [1.82, 2.24) is 20.0 Å². The number of hydrogen-bond acceptors (Lipinski definition) is 6. The van der Waals surface area contributed by atoms with Crippen molar-refractivity contribution in [3.8, 4) is 0 Å². The molecule has 3 saturated heterocycles. The highest BCUT2D eigenvalue weighted by Gasteiger charge is 2.49. The number of hydroxylamine groups is 1. The zero-order valence-corrected chi connectivity index (χ0v) is 25.3. The highest BCUT2D eigenvalue weighted by Crippen LogP contribution is 2.48. The van der Waals surface area contributed by atoms with Gasteiger partial charge < -0.3 is 15.1 Å². The van der Waals surface area contributed by atoms with Crippen LogP contribution in [0.5, 0.6) is 0 Å². The smallest absolute Gasteiger partial charge is 0.410 e. The van der Waals surface area contributed by atoms with E-state index < -0.39 is 0 Å². The van der Waals surface area contributed by atoms with E-state index in [1.54, 1.807) is 0 Å². The number of halogens is 1. The van der Waals surface area contributed by atoms with E-state index in [-0.39, 0.29) is 40.4 Å². The monoisotopic (exact) mass is 557 g/mol. The molecule has 2 atom stereocenters. The summed E-state index contributed by atoms with van der Waals surface area (Å²) >= 11 is 0. The average Bonchev–Trinajstić information content (AvgIpc) is 3.20. The molecule has 0 spiro atoms. The van der Waals surface area contributed by atoms with Crippen LogP contribution < -0.4 is 0 Å². The molecule has 4 fully saturated rings. The molecule has 0 N–H and O–H groups in total. The fraction of sp³-hybridized carbons (Fsp3) is 0.781. The van der Waals surface area contributed by atoms with Gasteiger partial charge in [-0.05, 0) is 95.8 Å². The summed E-state index contributed by atoms with van der Waals surface area (Å²) in [5.41, 5.74) is 0.755. The highest BCUT2D eigenvalue weighted by atomic mass is 19.1. The summed E-state index contributed by atoms with van der Waals surface area (Å²) < 4.78 is 19.3. The molecule has 7 nitrogen and oxygen atoms in total. The first-order chi connectivity index (χ1) is 18.9. The molecule has 1 amide bonds. The first kappa shape index (κ1) is 29.7. The second kappa shape index (κ2) is 11.5. The van der Waals surface area contributed by atoms with E-state index in [0.717, 1.165) is 44.5 Å². The van der Waals surface area contributed by atoms with Gasteiger partial charge in [0.2, 0.25) is 0 Å². The van der Waals surface area contributed by atoms with Crippen LogP contribution in [0.2, 0.25) is 0 Å². The van der Waals surface area contributed by atoms with Crippen LogP contribution in [0.1, 0.15) is 97.5 Å². The third kappa shape index (κ3) is 6.06. The van der Waals surface area contributed by atoms with Gasteiger partial charge in [0.1, 0.15) is 12.4 Å². The summed E-state index contributed by atoms with van der Waals surface area (Å²) in [4.78, 5) is 17.2. The molecule has 0 aromatic heterocycles. The number of hydrazine groups is 1. The lowest BCUT2D eigenvalue weighted by Gasteiger charge is -2.57. The number of carbonyl (C=O) groups is 1. The van der Waals surface area contributed by atoms with Gasteiger partial charge in [-0.3, -0.25) is 14.8 Å². The summed E-state index contributed by atoms with van der Waals surface area (Å²) in [5, 5.41) is 17.4. The maximum Gasteiger partial charge on any atom is 0.410 e. The Bertz CT molecular complexity index is 1010. The van der Waals surface area contributed by atoms with Crippen LogP contribution in [-0.2, 0) is 4.74 Å². The number of ether oxygens (including phenoxy) is 1. The predicted octanol–water partition coefficient (Wildman–Crippen LogP) is 6.39. The number of rotatable bonds is 6. The topological polar surface area (TPSA) is 62.3 Å². The van der Waals surface area contributed by atoms with E-state index in [0.29, 0.717) is 25.6 Å². The second-order valence-corrected chi connectivity index (χ2v) is 14.5. The SMILES string of the molecule is CC(C)(C)N1CCC(N([O-])N2CCC(CN3C(=O)OCC3(C)C)(C3CCCCC3)CC2)C(c2ccc(F)cc2)C1. The van der Waals surface area contributed by atoms with Crippen LogP contribution in [0.25, 0.3) is 0 Å². The Morgan fingerprint density at radius 1 is 1.02 bits per heavy atom. The van der Waals surface area contributed by atoms with Crippen molar-refractivity contribution < 1.29 is 13.9 Å². The third-order valence-corrected chi connectivity index (χ3v) is 10.6. The third-order valence-electron chi connectivity index (χ3n) is 10.6. The van der Waals surface area contributed by atoms with Crippen molar-refractivity contribution in [3.05, 3.63) is 40.9 Å². The molecule has 40 heavy (non-hydrogen) atoms. The summed E-state index contributed by atoms with van der Waals surface area (Å²) in [6.07, 6.45) is 8.64. The first-order valence-electron chi connectivity index (χ1n) is 15.6. The van der Waals surface area contributed by atoms with E-state index >= 15 is 0 Å². The Kier molecular flexibility index (Phi) is 8.55. The highest BCUT2D eigenvalue weighted by molar-refractivity contribution is 5.71. The molecule has 1 aromatic carbocycles. The molecule has 3 heterocycles. The predicted molar refractivity (Wildman–Crippen MR) is 156 cm³/mol. The standard InChI is InChI=1S/C32H50FN4O3/c1-30(2,3)34-18-15-28(27(21-34)24-11-13-26(33)14-12-24)37(39)35-19-16-32(17-20-35,25-9-7-6-8-10-25)22-36-29(38)40-23-31(36,4)5/h11-14,25,27-28H,6-10,15-23H2,1-5H3/q-1. The van der Waals surface area contributed by atoms with Crippen LogP contribution in [0.3, 0.4) is 0 Å². The molecule has 1 aromatic rings.